The van der Waals surface area contributed by atoms with Crippen LogP contribution in [-0.2, 0) is 0 Å². The van der Waals surface area contributed by atoms with E-state index in [2.05, 4.69) is 27.1 Å². The predicted molar refractivity (Wildman–Crippen MR) is 98.0 cm³/mol. The van der Waals surface area contributed by atoms with Crippen molar-refractivity contribution in [2.45, 2.75) is 32.6 Å². The lowest BCUT2D eigenvalue weighted by molar-refractivity contribution is 0.309. The molecule has 6 nitrogen and oxygen atoms in total. The number of nitrogens with one attached hydrogen (secondary N) is 1. The lowest BCUT2D eigenvalue weighted by Crippen LogP contribution is -2.21. The number of nitrogens with zero attached hydrogens (tertiary/aromatic N) is 3. The maximum absolute atomic E-state index is 6.27. The molecule has 1 aliphatic rings. The summed E-state index contributed by atoms with van der Waals surface area (Å²) in [6, 6.07) is 7.85. The molecule has 24 heavy (non-hydrogen) atoms. The van der Waals surface area contributed by atoms with E-state index >= 15 is 0 Å². The molecule has 0 bridgehead atoms. The molecule has 1 aliphatic heterocycles. The summed E-state index contributed by atoms with van der Waals surface area (Å²) in [5.74, 6) is 2.35. The van der Waals surface area contributed by atoms with Crippen molar-refractivity contribution in [2.24, 2.45) is 0 Å². The maximum Gasteiger partial charge on any atom is 0.159 e. The van der Waals surface area contributed by atoms with Gasteiger partial charge in [-0.25, -0.2) is 9.97 Å². The number of anilines is 4. The summed E-state index contributed by atoms with van der Waals surface area (Å²) in [6.07, 6.45) is 6.13. The summed E-state index contributed by atoms with van der Waals surface area (Å²) in [6.45, 7) is 4.91. The van der Waals surface area contributed by atoms with Gasteiger partial charge in [0.1, 0.15) is 17.8 Å². The summed E-state index contributed by atoms with van der Waals surface area (Å²) >= 11 is 0. The number of nitrogen functional groups attached to an aromatic ring is 1. The molecule has 1 aromatic heterocycles. The van der Waals surface area contributed by atoms with Crippen molar-refractivity contribution in [1.29, 1.82) is 0 Å². The first-order chi connectivity index (χ1) is 11.8. The Bertz CT molecular complexity index is 653. The molecule has 0 unspecified atom stereocenters. The van der Waals surface area contributed by atoms with Gasteiger partial charge >= 0.3 is 0 Å². The minimum Gasteiger partial charge on any atom is -0.494 e. The van der Waals surface area contributed by atoms with E-state index in [1.165, 1.54) is 12.8 Å². The van der Waals surface area contributed by atoms with Gasteiger partial charge in [-0.05, 0) is 43.5 Å². The average Bonchev–Trinajstić information content (AvgIpc) is 3.13. The third-order valence-electron chi connectivity index (χ3n) is 4.15. The van der Waals surface area contributed by atoms with Gasteiger partial charge in [-0.2, -0.15) is 0 Å². The topological polar surface area (TPSA) is 76.3 Å². The molecule has 0 aliphatic carbocycles. The monoisotopic (exact) mass is 327 g/mol. The molecular weight excluding hydrogens is 302 g/mol. The van der Waals surface area contributed by atoms with Crippen LogP contribution >= 0.6 is 0 Å². The first-order valence-electron chi connectivity index (χ1n) is 8.63. The van der Waals surface area contributed by atoms with Gasteiger partial charge < -0.3 is 20.7 Å². The fraction of sp³-hybridized carbons (Fsp3) is 0.444. The molecule has 1 aromatic carbocycles. The second kappa shape index (κ2) is 7.86. The highest BCUT2D eigenvalue weighted by atomic mass is 16.5. The second-order valence-electron chi connectivity index (χ2n) is 6.01. The summed E-state index contributed by atoms with van der Waals surface area (Å²) in [7, 11) is 0. The second-order valence-corrected chi connectivity index (χ2v) is 6.01. The predicted octanol–water partition coefficient (Wildman–Crippen LogP) is 3.58. The molecule has 0 radical (unpaired) electrons. The lowest BCUT2D eigenvalue weighted by Gasteiger charge is -2.19. The highest BCUT2D eigenvalue weighted by Crippen LogP contribution is 2.30. The molecule has 3 rings (SSSR count). The molecule has 128 valence electrons. The number of benzene rings is 1. The van der Waals surface area contributed by atoms with Crippen molar-refractivity contribution >= 4 is 23.0 Å². The Morgan fingerprint density at radius 2 is 1.92 bits per heavy atom. The van der Waals surface area contributed by atoms with Crippen LogP contribution in [0.25, 0.3) is 0 Å². The van der Waals surface area contributed by atoms with Gasteiger partial charge in [-0.3, -0.25) is 0 Å². The fourth-order valence-corrected chi connectivity index (χ4v) is 2.77. The van der Waals surface area contributed by atoms with Crippen molar-refractivity contribution in [3.8, 4) is 5.75 Å². The molecule has 1 saturated heterocycles. The number of aromatic nitrogens is 2. The van der Waals surface area contributed by atoms with E-state index in [0.717, 1.165) is 49.8 Å². The number of nitrogens with two attached hydrogens (primary N) is 1. The largest absolute Gasteiger partial charge is 0.494 e. The van der Waals surface area contributed by atoms with Crippen LogP contribution in [-0.4, -0.2) is 29.7 Å². The SMILES string of the molecule is CCCCOc1ccc(Nc2ncnc(N3CCCC3)c2N)cc1. The Morgan fingerprint density at radius 3 is 2.62 bits per heavy atom. The Labute approximate surface area is 143 Å². The van der Waals surface area contributed by atoms with Crippen LogP contribution in [0.4, 0.5) is 23.0 Å². The maximum atomic E-state index is 6.27. The van der Waals surface area contributed by atoms with Gasteiger partial charge in [0.2, 0.25) is 0 Å². The van der Waals surface area contributed by atoms with Crippen LogP contribution in [0.1, 0.15) is 32.6 Å². The minimum atomic E-state index is 0.600. The Kier molecular flexibility index (Phi) is 5.36. The minimum absolute atomic E-state index is 0.600. The zero-order valence-corrected chi connectivity index (χ0v) is 14.2. The van der Waals surface area contributed by atoms with Crippen LogP contribution in [0.3, 0.4) is 0 Å². The van der Waals surface area contributed by atoms with Crippen molar-refractivity contribution in [3.63, 3.8) is 0 Å². The van der Waals surface area contributed by atoms with Gasteiger partial charge in [-0.1, -0.05) is 13.3 Å². The van der Waals surface area contributed by atoms with E-state index in [9.17, 15) is 0 Å². The van der Waals surface area contributed by atoms with E-state index in [1.807, 2.05) is 24.3 Å². The molecular formula is C18H25N5O. The number of hydrogen-bond acceptors (Lipinski definition) is 6. The number of ether oxygens (including phenoxy) is 1. The third-order valence-corrected chi connectivity index (χ3v) is 4.15. The van der Waals surface area contributed by atoms with Crippen LogP contribution < -0.4 is 20.7 Å². The third kappa shape index (κ3) is 3.88. The molecule has 3 N–H and O–H groups in total. The summed E-state index contributed by atoms with van der Waals surface area (Å²) in [5, 5.41) is 3.27. The molecule has 2 aromatic rings. The first kappa shape index (κ1) is 16.4. The normalized spacial score (nSPS) is 14.0. The molecule has 0 saturated carbocycles. The van der Waals surface area contributed by atoms with Crippen LogP contribution in [0.5, 0.6) is 5.75 Å². The van der Waals surface area contributed by atoms with Crippen molar-refractivity contribution < 1.29 is 4.74 Å². The van der Waals surface area contributed by atoms with E-state index in [4.69, 9.17) is 10.5 Å². The Hall–Kier alpha value is -2.50. The lowest BCUT2D eigenvalue weighted by atomic mass is 10.3. The molecule has 6 heteroatoms. The average molecular weight is 327 g/mol. The van der Waals surface area contributed by atoms with Gasteiger partial charge in [0, 0.05) is 18.8 Å². The van der Waals surface area contributed by atoms with Crippen molar-refractivity contribution in [2.75, 3.05) is 35.6 Å². The zero-order valence-electron chi connectivity index (χ0n) is 14.2. The van der Waals surface area contributed by atoms with E-state index in [1.54, 1.807) is 6.33 Å². The van der Waals surface area contributed by atoms with Gasteiger partial charge in [0.15, 0.2) is 11.6 Å². The van der Waals surface area contributed by atoms with Gasteiger partial charge in [0.25, 0.3) is 0 Å². The number of rotatable bonds is 7. The quantitative estimate of drug-likeness (QED) is 0.757. The fourth-order valence-electron chi connectivity index (χ4n) is 2.77. The number of hydrogen-bond donors (Lipinski definition) is 2. The Morgan fingerprint density at radius 1 is 1.17 bits per heavy atom. The van der Waals surface area contributed by atoms with Crippen molar-refractivity contribution in [1.82, 2.24) is 9.97 Å². The zero-order chi connectivity index (χ0) is 16.8. The van der Waals surface area contributed by atoms with Crippen LogP contribution in [0.15, 0.2) is 30.6 Å². The van der Waals surface area contributed by atoms with Crippen molar-refractivity contribution in [3.05, 3.63) is 30.6 Å². The van der Waals surface area contributed by atoms with E-state index < -0.39 is 0 Å². The summed E-state index contributed by atoms with van der Waals surface area (Å²) in [5.41, 5.74) is 7.79. The van der Waals surface area contributed by atoms with Crippen LogP contribution in [0, 0.1) is 0 Å². The van der Waals surface area contributed by atoms with Crippen LogP contribution in [0.2, 0.25) is 0 Å². The Balaban J connectivity index is 1.68. The smallest absolute Gasteiger partial charge is 0.159 e. The van der Waals surface area contributed by atoms with E-state index in [-0.39, 0.29) is 0 Å². The molecule has 1 fully saturated rings. The summed E-state index contributed by atoms with van der Waals surface area (Å²) < 4.78 is 5.68. The highest BCUT2D eigenvalue weighted by Gasteiger charge is 2.18. The van der Waals surface area contributed by atoms with Gasteiger partial charge in [-0.15, -0.1) is 0 Å². The van der Waals surface area contributed by atoms with E-state index in [0.29, 0.717) is 11.5 Å². The van der Waals surface area contributed by atoms with Gasteiger partial charge in [0.05, 0.1) is 6.61 Å². The molecule has 2 heterocycles. The highest BCUT2D eigenvalue weighted by molar-refractivity contribution is 5.78. The standard InChI is InChI=1S/C18H25N5O/c1-2-3-12-24-15-8-6-14(7-9-15)22-17-16(19)18(21-13-20-17)23-10-4-5-11-23/h6-9,13H,2-5,10-12,19H2,1H3,(H,20,21,22). The molecule has 0 atom stereocenters. The number of unbranched alkanes of at least 4 members (excludes halogenated alkanes) is 1. The molecule has 0 spiro atoms. The summed E-state index contributed by atoms with van der Waals surface area (Å²) in [4.78, 5) is 10.8. The first-order valence-corrected chi connectivity index (χ1v) is 8.63. The molecule has 0 amide bonds.